The summed E-state index contributed by atoms with van der Waals surface area (Å²) in [4.78, 5) is 26.8. The minimum Gasteiger partial charge on any atom is -0.494 e. The number of aromatic hydroxyl groups is 2. The van der Waals surface area contributed by atoms with Crippen LogP contribution in [0.5, 0.6) is 11.8 Å². The zero-order valence-corrected chi connectivity index (χ0v) is 27.2. The molecule has 234 valence electrons. The Hall–Kier alpha value is -1.88. The molecule has 2 aliphatic rings. The van der Waals surface area contributed by atoms with Gasteiger partial charge in [0.25, 0.3) is 11.1 Å². The largest absolute Gasteiger partial charge is 0.494 e. The number of pyridine rings is 2. The van der Waals surface area contributed by atoms with Crippen molar-refractivity contribution in [2.45, 2.75) is 127 Å². The van der Waals surface area contributed by atoms with Crippen LogP contribution in [0.15, 0.2) is 31.5 Å². The molecule has 0 aliphatic carbocycles. The molecule has 0 amide bonds. The number of aliphatic hydroxyl groups excluding tert-OH is 2. The molecule has 0 fully saturated rings. The highest BCUT2D eigenvalue weighted by atomic mass is 32.2. The molecule has 2 aromatic rings. The van der Waals surface area contributed by atoms with Gasteiger partial charge in [-0.3, -0.25) is 18.7 Å². The average Bonchev–Trinajstić information content (AvgIpc) is 3.59. The summed E-state index contributed by atoms with van der Waals surface area (Å²) >= 11 is 3.23. The molecule has 4 rings (SSSR count). The van der Waals surface area contributed by atoms with Gasteiger partial charge in [-0.1, -0.05) is 27.7 Å². The van der Waals surface area contributed by atoms with Gasteiger partial charge in [-0.05, 0) is 75.0 Å². The van der Waals surface area contributed by atoms with Crippen molar-refractivity contribution in [1.29, 1.82) is 0 Å². The summed E-state index contributed by atoms with van der Waals surface area (Å²) in [6, 6.07) is 3.27. The lowest BCUT2D eigenvalue weighted by atomic mass is 9.82. The quantitative estimate of drug-likeness (QED) is 0.211. The summed E-state index contributed by atoms with van der Waals surface area (Å²) in [5.41, 5.74) is 1.20. The van der Waals surface area contributed by atoms with Crippen LogP contribution in [0, 0.1) is 10.8 Å². The average molecular weight is 621 g/mol. The van der Waals surface area contributed by atoms with Crippen LogP contribution < -0.4 is 11.1 Å². The number of thioether (sulfide) groups is 2. The van der Waals surface area contributed by atoms with Crippen LogP contribution in [0.4, 0.5) is 0 Å². The number of hydrogen-bond acceptors (Lipinski definition) is 8. The minimum absolute atomic E-state index is 0.102. The third kappa shape index (κ3) is 8.39. The topological polar surface area (TPSA) is 125 Å². The number of aliphatic hydroxyl groups is 2. The van der Waals surface area contributed by atoms with Crippen molar-refractivity contribution in [1.82, 2.24) is 9.13 Å². The molecule has 42 heavy (non-hydrogen) atoms. The molecule has 10 heteroatoms. The maximum atomic E-state index is 12.5. The normalized spacial score (nSPS) is 16.4. The Balaban J connectivity index is 1.16. The van der Waals surface area contributed by atoms with E-state index in [2.05, 4.69) is 27.7 Å². The third-order valence-corrected chi connectivity index (χ3v) is 11.2. The lowest BCUT2D eigenvalue weighted by molar-refractivity contribution is 0.0857. The molecule has 0 saturated heterocycles. The summed E-state index contributed by atoms with van der Waals surface area (Å²) in [6.07, 6.45) is 5.82. The molecule has 2 atom stereocenters. The van der Waals surface area contributed by atoms with Crippen LogP contribution in [-0.4, -0.2) is 53.3 Å². The predicted octanol–water partition coefficient (Wildman–Crippen LogP) is 5.31. The Kier molecular flexibility index (Phi) is 10.9. The van der Waals surface area contributed by atoms with E-state index in [-0.39, 0.29) is 33.7 Å². The monoisotopic (exact) mass is 620 g/mol. The Morgan fingerprint density at radius 3 is 1.45 bits per heavy atom. The van der Waals surface area contributed by atoms with Crippen LogP contribution in [0.1, 0.15) is 90.2 Å². The molecule has 0 aromatic carbocycles. The molecule has 0 saturated carbocycles. The molecule has 0 bridgehead atoms. The second-order valence-electron chi connectivity index (χ2n) is 13.6. The minimum atomic E-state index is -0.507. The van der Waals surface area contributed by atoms with E-state index in [4.69, 9.17) is 0 Å². The molecule has 2 aromatic heterocycles. The molecular weight excluding hydrogens is 572 g/mol. The van der Waals surface area contributed by atoms with Gasteiger partial charge in [0.15, 0.2) is 11.8 Å². The van der Waals surface area contributed by atoms with Gasteiger partial charge in [0.05, 0.1) is 12.2 Å². The van der Waals surface area contributed by atoms with Crippen molar-refractivity contribution < 1.29 is 20.4 Å². The van der Waals surface area contributed by atoms with Gasteiger partial charge in [-0.25, -0.2) is 0 Å². The lowest BCUT2D eigenvalue weighted by Crippen LogP contribution is -2.25. The first kappa shape index (κ1) is 33.0. The Morgan fingerprint density at radius 1 is 0.690 bits per heavy atom. The number of aromatic nitrogens is 2. The number of hydrogen-bond donors (Lipinski definition) is 4. The zero-order chi connectivity index (χ0) is 30.7. The van der Waals surface area contributed by atoms with Crippen molar-refractivity contribution in [2.24, 2.45) is 10.8 Å². The highest BCUT2D eigenvalue weighted by Gasteiger charge is 2.26. The fourth-order valence-electron chi connectivity index (χ4n) is 5.86. The van der Waals surface area contributed by atoms with Crippen LogP contribution in [0.25, 0.3) is 0 Å². The van der Waals surface area contributed by atoms with E-state index in [9.17, 15) is 30.0 Å². The smallest absolute Gasteiger partial charge is 0.254 e. The fraction of sp³-hybridized carbons (Fsp3) is 0.688. The van der Waals surface area contributed by atoms with E-state index in [1.807, 2.05) is 0 Å². The van der Waals surface area contributed by atoms with Crippen molar-refractivity contribution >= 4 is 23.5 Å². The van der Waals surface area contributed by atoms with E-state index < -0.39 is 12.2 Å². The number of nitrogens with zero attached hydrogens (tertiary/aromatic N) is 2. The van der Waals surface area contributed by atoms with Crippen molar-refractivity contribution in [2.75, 3.05) is 11.5 Å². The standard InChI is InChI=1S/C32H48N2O6S2/c1-31(2,13-15-33-27(37)19-25-23(29(33)39)9-17-41-25)11-7-21(35)5-6-22(36)8-12-32(3,4)14-16-34-28(38)20-26-24(30(34)40)10-18-42-26/h19-22,35-36,39-40H,5-18H2,1-4H3. The van der Waals surface area contributed by atoms with Gasteiger partial charge >= 0.3 is 0 Å². The second-order valence-corrected chi connectivity index (χ2v) is 15.9. The molecular formula is C32H48N2O6S2. The summed E-state index contributed by atoms with van der Waals surface area (Å²) in [5, 5.41) is 42.5. The zero-order valence-electron chi connectivity index (χ0n) is 25.5. The first-order chi connectivity index (χ1) is 19.8. The summed E-state index contributed by atoms with van der Waals surface area (Å²) in [6.45, 7) is 9.38. The van der Waals surface area contributed by atoms with Crippen LogP contribution in [-0.2, 0) is 25.9 Å². The fourth-order valence-corrected chi connectivity index (χ4v) is 8.02. The first-order valence-electron chi connectivity index (χ1n) is 15.3. The Bertz CT molecular complexity index is 1260. The van der Waals surface area contributed by atoms with Crippen LogP contribution >= 0.6 is 23.5 Å². The Labute approximate surface area is 257 Å². The molecule has 8 nitrogen and oxygen atoms in total. The maximum Gasteiger partial charge on any atom is 0.254 e. The van der Waals surface area contributed by atoms with Crippen molar-refractivity contribution in [3.63, 3.8) is 0 Å². The SMILES string of the molecule is CC(C)(CCC(O)CCC(O)CCC(C)(C)CCn1c(O)c2c(cc1=O)SCC2)CCn1c(O)c2c(cc1=O)SCC2. The number of fused-ring (bicyclic) bond motifs is 2. The molecule has 2 aliphatic heterocycles. The summed E-state index contributed by atoms with van der Waals surface area (Å²) in [7, 11) is 0. The molecule has 4 heterocycles. The van der Waals surface area contributed by atoms with E-state index in [1.165, 1.54) is 9.13 Å². The molecule has 0 radical (unpaired) electrons. The van der Waals surface area contributed by atoms with E-state index in [1.54, 1.807) is 35.7 Å². The maximum absolute atomic E-state index is 12.5. The van der Waals surface area contributed by atoms with Gasteiger partial charge in [0.2, 0.25) is 0 Å². The van der Waals surface area contributed by atoms with Gasteiger partial charge in [-0.15, -0.1) is 23.5 Å². The molecule has 2 unspecified atom stereocenters. The highest BCUT2D eigenvalue weighted by molar-refractivity contribution is 7.99. The van der Waals surface area contributed by atoms with Gasteiger partial charge in [0, 0.05) is 57.6 Å². The van der Waals surface area contributed by atoms with Gasteiger partial charge in [0.1, 0.15) is 0 Å². The van der Waals surface area contributed by atoms with Gasteiger partial charge in [-0.2, -0.15) is 0 Å². The van der Waals surface area contributed by atoms with E-state index in [0.29, 0.717) is 51.6 Å². The van der Waals surface area contributed by atoms with Crippen LogP contribution in [0.3, 0.4) is 0 Å². The predicted molar refractivity (Wildman–Crippen MR) is 170 cm³/mol. The van der Waals surface area contributed by atoms with Gasteiger partial charge < -0.3 is 20.4 Å². The molecule has 0 spiro atoms. The third-order valence-electron chi connectivity index (χ3n) is 9.07. The summed E-state index contributed by atoms with van der Waals surface area (Å²) < 4.78 is 2.96. The Morgan fingerprint density at radius 2 is 1.07 bits per heavy atom. The number of rotatable bonds is 15. The van der Waals surface area contributed by atoms with E-state index in [0.717, 1.165) is 58.1 Å². The second kappa shape index (κ2) is 13.8. The molecule has 4 N–H and O–H groups in total. The summed E-state index contributed by atoms with van der Waals surface area (Å²) in [5.74, 6) is 1.99. The first-order valence-corrected chi connectivity index (χ1v) is 17.3. The van der Waals surface area contributed by atoms with Crippen molar-refractivity contribution in [3.8, 4) is 11.8 Å². The lowest BCUT2D eigenvalue weighted by Gasteiger charge is -2.28. The van der Waals surface area contributed by atoms with Crippen LogP contribution in [0.2, 0.25) is 0 Å². The van der Waals surface area contributed by atoms with E-state index >= 15 is 0 Å². The highest BCUT2D eigenvalue weighted by Crippen LogP contribution is 2.37. The van der Waals surface area contributed by atoms with Crippen molar-refractivity contribution in [3.05, 3.63) is 44.0 Å².